The molecule has 1 aromatic heterocycles. The van der Waals surface area contributed by atoms with Crippen molar-refractivity contribution < 1.29 is 27.2 Å². The van der Waals surface area contributed by atoms with E-state index in [4.69, 9.17) is 10.2 Å². The van der Waals surface area contributed by atoms with Gasteiger partial charge in [0.2, 0.25) is 0 Å². The lowest BCUT2D eigenvalue weighted by molar-refractivity contribution is -0.384. The topological polar surface area (TPSA) is 120 Å². The molecule has 2 fully saturated rings. The zero-order valence-corrected chi connectivity index (χ0v) is 21.2. The molecule has 3 atom stereocenters. The minimum absolute atomic E-state index is 0.0649. The number of aromatic nitrogens is 1. The van der Waals surface area contributed by atoms with E-state index >= 15 is 0 Å². The molecule has 2 aliphatic rings. The molecule has 3 N–H and O–H groups in total. The second-order valence-corrected chi connectivity index (χ2v) is 10.2. The highest BCUT2D eigenvalue weighted by Crippen LogP contribution is 2.40. The number of non-ortho nitro benzene ring substituents is 1. The van der Waals surface area contributed by atoms with Gasteiger partial charge in [0.1, 0.15) is 5.75 Å². The van der Waals surface area contributed by atoms with Crippen LogP contribution >= 0.6 is 0 Å². The second-order valence-electron chi connectivity index (χ2n) is 10.2. The Morgan fingerprint density at radius 3 is 2.54 bits per heavy atom. The van der Waals surface area contributed by atoms with Crippen LogP contribution < -0.4 is 20.7 Å². The molecule has 1 saturated heterocycles. The van der Waals surface area contributed by atoms with Crippen LogP contribution in [0.25, 0.3) is 11.3 Å². The Balaban J connectivity index is 1.28. The van der Waals surface area contributed by atoms with E-state index in [-0.39, 0.29) is 23.4 Å². The Labute approximate surface area is 223 Å². The van der Waals surface area contributed by atoms with Crippen LogP contribution in [0.2, 0.25) is 0 Å². The summed E-state index contributed by atoms with van der Waals surface area (Å²) in [5.41, 5.74) is 8.23. The van der Waals surface area contributed by atoms with Crippen LogP contribution in [0.3, 0.4) is 0 Å². The summed E-state index contributed by atoms with van der Waals surface area (Å²) in [4.78, 5) is 17.2. The van der Waals surface area contributed by atoms with Crippen molar-refractivity contribution in [2.45, 2.75) is 56.5 Å². The zero-order valence-electron chi connectivity index (χ0n) is 21.2. The number of nitro benzene ring substituents is 1. The van der Waals surface area contributed by atoms with Crippen LogP contribution in [0.1, 0.15) is 38.5 Å². The number of alkyl halides is 3. The number of oxazole rings is 1. The van der Waals surface area contributed by atoms with Gasteiger partial charge >= 0.3 is 6.36 Å². The molecule has 0 radical (unpaired) electrons. The maximum absolute atomic E-state index is 12.4. The van der Waals surface area contributed by atoms with Crippen molar-refractivity contribution in [3.63, 3.8) is 0 Å². The molecule has 3 aromatic rings. The number of nitrogens with two attached hydrogens (primary N) is 1. The summed E-state index contributed by atoms with van der Waals surface area (Å²) < 4.78 is 47.2. The number of rotatable bonds is 7. The minimum Gasteiger partial charge on any atom is -0.424 e. The highest BCUT2D eigenvalue weighted by molar-refractivity contribution is 5.58. The van der Waals surface area contributed by atoms with Crippen LogP contribution in [0.15, 0.2) is 59.1 Å². The van der Waals surface area contributed by atoms with Gasteiger partial charge in [-0.2, -0.15) is 0 Å². The number of hydrogen-bond acceptors (Lipinski definition) is 8. The van der Waals surface area contributed by atoms with Crippen molar-refractivity contribution in [2.75, 3.05) is 23.3 Å². The number of ether oxygens (including phenoxy) is 1. The number of anilines is 2. The Bertz CT molecular complexity index is 1280. The summed E-state index contributed by atoms with van der Waals surface area (Å²) >= 11 is 0. The van der Waals surface area contributed by atoms with Gasteiger partial charge in [-0.05, 0) is 68.0 Å². The summed E-state index contributed by atoms with van der Waals surface area (Å²) in [5.74, 6) is 0.292. The lowest BCUT2D eigenvalue weighted by Crippen LogP contribution is -2.63. The van der Waals surface area contributed by atoms with Gasteiger partial charge in [-0.3, -0.25) is 10.1 Å². The SMILES string of the molecule is N[C@]1(C2CCCN(c3ccc([N+](=O)[O-])cc3)C2)CCCCC1Nc1ncc(-c2ccc(OC(F)(F)F)cc2)o1. The maximum Gasteiger partial charge on any atom is 0.573 e. The van der Waals surface area contributed by atoms with Gasteiger partial charge in [0.05, 0.1) is 11.1 Å². The van der Waals surface area contributed by atoms with E-state index in [9.17, 15) is 23.3 Å². The molecule has 2 unspecified atom stereocenters. The predicted octanol–water partition coefficient (Wildman–Crippen LogP) is 6.12. The molecule has 0 amide bonds. The molecule has 1 aliphatic heterocycles. The molecule has 1 aliphatic carbocycles. The number of nitrogens with one attached hydrogen (secondary N) is 1. The number of piperidine rings is 1. The summed E-state index contributed by atoms with van der Waals surface area (Å²) in [5, 5.41) is 14.4. The Kier molecular flexibility index (Phi) is 7.39. The molecule has 0 bridgehead atoms. The third kappa shape index (κ3) is 6.11. The summed E-state index contributed by atoms with van der Waals surface area (Å²) in [6, 6.07) is 12.3. The van der Waals surface area contributed by atoms with Crippen LogP contribution in [-0.4, -0.2) is 40.9 Å². The molecule has 5 rings (SSSR count). The molecule has 2 heterocycles. The first kappa shape index (κ1) is 26.8. The molecule has 208 valence electrons. The fourth-order valence-electron chi connectivity index (χ4n) is 5.80. The molecular weight excluding hydrogens is 515 g/mol. The Hall–Kier alpha value is -3.80. The van der Waals surface area contributed by atoms with Gasteiger partial charge in [-0.25, -0.2) is 4.98 Å². The third-order valence-corrected chi connectivity index (χ3v) is 7.78. The van der Waals surface area contributed by atoms with Crippen molar-refractivity contribution >= 4 is 17.4 Å². The largest absolute Gasteiger partial charge is 0.573 e. The number of halogens is 3. The highest BCUT2D eigenvalue weighted by atomic mass is 19.4. The van der Waals surface area contributed by atoms with Crippen LogP contribution in [0.5, 0.6) is 5.75 Å². The second kappa shape index (κ2) is 10.8. The number of nitrogens with zero attached hydrogens (tertiary/aromatic N) is 3. The smallest absolute Gasteiger partial charge is 0.424 e. The normalized spacial score (nSPS) is 23.8. The summed E-state index contributed by atoms with van der Waals surface area (Å²) in [6.07, 6.45) is 2.45. The first-order chi connectivity index (χ1) is 18.6. The number of nitro groups is 1. The van der Waals surface area contributed by atoms with Crippen LogP contribution in [-0.2, 0) is 0 Å². The van der Waals surface area contributed by atoms with Crippen molar-refractivity contribution in [1.29, 1.82) is 0 Å². The van der Waals surface area contributed by atoms with Gasteiger partial charge in [-0.1, -0.05) is 12.8 Å². The third-order valence-electron chi connectivity index (χ3n) is 7.78. The van der Waals surface area contributed by atoms with Crippen LogP contribution in [0.4, 0.5) is 30.6 Å². The fraction of sp³-hybridized carbons (Fsp3) is 0.444. The molecule has 2 aromatic carbocycles. The fourth-order valence-corrected chi connectivity index (χ4v) is 5.80. The monoisotopic (exact) mass is 545 g/mol. The van der Waals surface area contributed by atoms with E-state index < -0.39 is 16.8 Å². The van der Waals surface area contributed by atoms with E-state index in [2.05, 4.69) is 19.9 Å². The van der Waals surface area contributed by atoms with Gasteiger partial charge < -0.3 is 25.1 Å². The van der Waals surface area contributed by atoms with Gasteiger partial charge in [0.25, 0.3) is 11.7 Å². The molecular formula is C27H30F3N5O4. The lowest BCUT2D eigenvalue weighted by atomic mass is 9.67. The highest BCUT2D eigenvalue weighted by Gasteiger charge is 2.45. The Morgan fingerprint density at radius 2 is 1.85 bits per heavy atom. The van der Waals surface area contributed by atoms with Gasteiger partial charge in [0, 0.05) is 48.1 Å². The number of benzene rings is 2. The lowest BCUT2D eigenvalue weighted by Gasteiger charge is -2.50. The van der Waals surface area contributed by atoms with Crippen LogP contribution in [0, 0.1) is 16.0 Å². The molecule has 0 spiro atoms. The first-order valence-electron chi connectivity index (χ1n) is 13.0. The molecule has 39 heavy (non-hydrogen) atoms. The van der Waals surface area contributed by atoms with E-state index in [0.29, 0.717) is 17.3 Å². The predicted molar refractivity (Wildman–Crippen MR) is 139 cm³/mol. The molecule has 1 saturated carbocycles. The van der Waals surface area contributed by atoms with E-state index in [1.165, 1.54) is 42.6 Å². The first-order valence-corrected chi connectivity index (χ1v) is 13.0. The quantitative estimate of drug-likeness (QED) is 0.269. The standard InChI is InChI=1S/C27H30F3N5O4/c28-27(29,30)39-22-12-6-18(7-13-22)23-16-32-25(38-23)33-24-5-1-2-14-26(24,31)19-4-3-15-34(17-19)20-8-10-21(11-9-20)35(36)37/h6-13,16,19,24H,1-5,14-15,17,31H2,(H,32,33)/t19?,24?,26-/m0/s1. The van der Waals surface area contributed by atoms with E-state index in [1.54, 1.807) is 12.1 Å². The molecule has 9 nitrogen and oxygen atoms in total. The van der Waals surface area contributed by atoms with Gasteiger partial charge in [0.15, 0.2) is 5.76 Å². The van der Waals surface area contributed by atoms with Crippen molar-refractivity contribution in [3.05, 3.63) is 64.8 Å². The minimum atomic E-state index is -4.75. The average Bonchev–Trinajstić information content (AvgIpc) is 3.38. The maximum atomic E-state index is 12.4. The van der Waals surface area contributed by atoms with Crippen molar-refractivity contribution in [1.82, 2.24) is 4.98 Å². The zero-order chi connectivity index (χ0) is 27.6. The van der Waals surface area contributed by atoms with Crippen molar-refractivity contribution in [2.24, 2.45) is 11.7 Å². The van der Waals surface area contributed by atoms with E-state index in [0.717, 1.165) is 57.3 Å². The van der Waals surface area contributed by atoms with Gasteiger partial charge in [-0.15, -0.1) is 13.2 Å². The Morgan fingerprint density at radius 1 is 1.10 bits per heavy atom. The summed E-state index contributed by atoms with van der Waals surface area (Å²) in [6.45, 7) is 1.61. The summed E-state index contributed by atoms with van der Waals surface area (Å²) in [7, 11) is 0. The average molecular weight is 546 g/mol. The molecule has 12 heteroatoms. The van der Waals surface area contributed by atoms with Crippen molar-refractivity contribution in [3.8, 4) is 17.1 Å². The number of hydrogen-bond donors (Lipinski definition) is 2. The van der Waals surface area contributed by atoms with E-state index in [1.807, 2.05) is 0 Å².